The fourth-order valence-corrected chi connectivity index (χ4v) is 2.57. The number of aromatic nitrogens is 1. The van der Waals surface area contributed by atoms with E-state index in [4.69, 9.17) is 4.74 Å². The van der Waals surface area contributed by atoms with E-state index in [9.17, 15) is 14.4 Å². The van der Waals surface area contributed by atoms with Crippen LogP contribution in [0.1, 0.15) is 57.8 Å². The Morgan fingerprint density at radius 1 is 1.11 bits per heavy atom. The number of benzene rings is 1. The highest BCUT2D eigenvalue weighted by molar-refractivity contribution is 6.08. The smallest absolute Gasteiger partial charge is 0.340 e. The van der Waals surface area contributed by atoms with E-state index in [2.05, 4.69) is 17.2 Å². The Hall–Kier alpha value is -3.22. The van der Waals surface area contributed by atoms with Gasteiger partial charge in [-0.2, -0.15) is 0 Å². The largest absolute Gasteiger partial charge is 0.462 e. The van der Waals surface area contributed by atoms with Gasteiger partial charge >= 0.3 is 5.97 Å². The van der Waals surface area contributed by atoms with Crippen LogP contribution in [0.2, 0.25) is 0 Å². The van der Waals surface area contributed by atoms with Crippen molar-refractivity contribution < 1.29 is 19.1 Å². The zero-order valence-electron chi connectivity index (χ0n) is 16.4. The Kier molecular flexibility index (Phi) is 7.68. The number of nitrogens with zero attached hydrogens (tertiary/aromatic N) is 2. The van der Waals surface area contributed by atoms with Gasteiger partial charge in [-0.3, -0.25) is 14.6 Å². The molecule has 1 heterocycles. The molecule has 1 N–H and O–H groups in total. The number of amides is 2. The minimum absolute atomic E-state index is 0.192. The molecule has 0 atom stereocenters. The molecule has 148 valence electrons. The lowest BCUT2D eigenvalue weighted by molar-refractivity contribution is 0.0527. The Morgan fingerprint density at radius 2 is 1.82 bits per heavy atom. The minimum atomic E-state index is -0.516. The van der Waals surface area contributed by atoms with Crippen LogP contribution in [0.25, 0.3) is 0 Å². The third-order valence-corrected chi connectivity index (χ3v) is 4.11. The zero-order chi connectivity index (χ0) is 20.5. The summed E-state index contributed by atoms with van der Waals surface area (Å²) in [5, 5.41) is 2.69. The first-order valence-electron chi connectivity index (χ1n) is 9.25. The summed E-state index contributed by atoms with van der Waals surface area (Å²) in [5.74, 6) is -1.17. The molecule has 0 fully saturated rings. The molecule has 2 rings (SSSR count). The maximum atomic E-state index is 12.6. The molecule has 1 aromatic heterocycles. The topological polar surface area (TPSA) is 88.6 Å². The van der Waals surface area contributed by atoms with Crippen LogP contribution in [-0.2, 0) is 4.74 Å². The molecule has 7 heteroatoms. The lowest BCUT2D eigenvalue weighted by Gasteiger charge is -2.17. The van der Waals surface area contributed by atoms with Crippen LogP contribution in [-0.4, -0.2) is 47.9 Å². The van der Waals surface area contributed by atoms with E-state index in [0.717, 1.165) is 12.8 Å². The zero-order valence-corrected chi connectivity index (χ0v) is 16.4. The summed E-state index contributed by atoms with van der Waals surface area (Å²) in [5.41, 5.74) is 1.17. The number of ether oxygens (including phenoxy) is 1. The molecule has 0 saturated carbocycles. The summed E-state index contributed by atoms with van der Waals surface area (Å²) in [4.78, 5) is 42.8. The summed E-state index contributed by atoms with van der Waals surface area (Å²) in [6.45, 7) is 4.64. The molecule has 2 amide bonds. The van der Waals surface area contributed by atoms with Crippen LogP contribution in [0.3, 0.4) is 0 Å². The Balaban J connectivity index is 2.18. The van der Waals surface area contributed by atoms with Crippen LogP contribution in [0, 0.1) is 0 Å². The highest BCUT2D eigenvalue weighted by atomic mass is 16.5. The van der Waals surface area contributed by atoms with E-state index in [-0.39, 0.29) is 23.6 Å². The lowest BCUT2D eigenvalue weighted by Crippen LogP contribution is -2.28. The number of esters is 1. The number of rotatable bonds is 8. The molecule has 0 spiro atoms. The number of carbonyl (C=O) groups is 3. The van der Waals surface area contributed by atoms with E-state index >= 15 is 0 Å². The van der Waals surface area contributed by atoms with E-state index in [1.54, 1.807) is 43.1 Å². The molecule has 0 saturated heterocycles. The number of para-hydroxylation sites is 1. The standard InChI is InChI=1S/C21H25N3O4/c1-4-6-11-24(3)20(26)16-12-15(13-22-14-16)19(25)23-18-10-8-7-9-17(18)21(27)28-5-2/h7-10,12-14H,4-6,11H2,1-3H3,(H,23,25). The summed E-state index contributed by atoms with van der Waals surface area (Å²) < 4.78 is 5.01. The van der Waals surface area contributed by atoms with Gasteiger partial charge in [0.15, 0.2) is 0 Å². The van der Waals surface area contributed by atoms with Crippen LogP contribution in [0.15, 0.2) is 42.7 Å². The number of anilines is 1. The van der Waals surface area contributed by atoms with Gasteiger partial charge < -0.3 is 15.0 Å². The van der Waals surface area contributed by atoms with Crippen molar-refractivity contribution in [3.8, 4) is 0 Å². The summed E-state index contributed by atoms with van der Waals surface area (Å²) >= 11 is 0. The lowest BCUT2D eigenvalue weighted by atomic mass is 10.1. The first kappa shape index (κ1) is 21.1. The number of hydrogen-bond acceptors (Lipinski definition) is 5. The van der Waals surface area contributed by atoms with Gasteiger partial charge in [0.05, 0.1) is 29.0 Å². The predicted octanol–water partition coefficient (Wildman–Crippen LogP) is 3.38. The van der Waals surface area contributed by atoms with E-state index < -0.39 is 11.9 Å². The van der Waals surface area contributed by atoms with Gasteiger partial charge in [-0.1, -0.05) is 25.5 Å². The van der Waals surface area contributed by atoms with Gasteiger partial charge in [0.1, 0.15) is 0 Å². The fourth-order valence-electron chi connectivity index (χ4n) is 2.57. The first-order chi connectivity index (χ1) is 13.5. The van der Waals surface area contributed by atoms with Crippen molar-refractivity contribution in [3.05, 3.63) is 59.4 Å². The van der Waals surface area contributed by atoms with Crippen LogP contribution in [0.5, 0.6) is 0 Å². The van der Waals surface area contributed by atoms with Crippen LogP contribution < -0.4 is 5.32 Å². The normalized spacial score (nSPS) is 10.2. The molecule has 7 nitrogen and oxygen atoms in total. The van der Waals surface area contributed by atoms with Crippen molar-refractivity contribution in [1.82, 2.24) is 9.88 Å². The van der Waals surface area contributed by atoms with Crippen molar-refractivity contribution in [1.29, 1.82) is 0 Å². The van der Waals surface area contributed by atoms with Crippen molar-refractivity contribution in [2.45, 2.75) is 26.7 Å². The molecular formula is C21H25N3O4. The molecule has 0 unspecified atom stereocenters. The Morgan fingerprint density at radius 3 is 2.54 bits per heavy atom. The number of carbonyl (C=O) groups excluding carboxylic acids is 3. The average molecular weight is 383 g/mol. The van der Waals surface area contributed by atoms with Crippen LogP contribution in [0.4, 0.5) is 5.69 Å². The third kappa shape index (κ3) is 5.39. The number of nitrogens with one attached hydrogen (secondary N) is 1. The Bertz CT molecular complexity index is 851. The minimum Gasteiger partial charge on any atom is -0.462 e. The number of pyridine rings is 1. The fraction of sp³-hybridized carbons (Fsp3) is 0.333. The van der Waals surface area contributed by atoms with Gasteiger partial charge in [-0.05, 0) is 31.5 Å². The molecule has 0 bridgehead atoms. The number of unbranched alkanes of at least 4 members (excludes halogenated alkanes) is 1. The molecule has 0 aliphatic heterocycles. The molecule has 0 aliphatic carbocycles. The van der Waals surface area contributed by atoms with Gasteiger partial charge in [0.2, 0.25) is 0 Å². The average Bonchev–Trinajstić information content (AvgIpc) is 2.72. The molecule has 0 radical (unpaired) electrons. The highest BCUT2D eigenvalue weighted by Gasteiger charge is 2.17. The second-order valence-corrected chi connectivity index (χ2v) is 6.26. The summed E-state index contributed by atoms with van der Waals surface area (Å²) in [6, 6.07) is 8.09. The van der Waals surface area contributed by atoms with Crippen LogP contribution >= 0.6 is 0 Å². The molecular weight excluding hydrogens is 358 g/mol. The third-order valence-electron chi connectivity index (χ3n) is 4.11. The van der Waals surface area contributed by atoms with E-state index in [1.807, 2.05) is 0 Å². The van der Waals surface area contributed by atoms with Crippen molar-refractivity contribution in [3.63, 3.8) is 0 Å². The Labute approximate surface area is 164 Å². The highest BCUT2D eigenvalue weighted by Crippen LogP contribution is 2.18. The maximum Gasteiger partial charge on any atom is 0.340 e. The quantitative estimate of drug-likeness (QED) is 0.706. The molecule has 28 heavy (non-hydrogen) atoms. The summed E-state index contributed by atoms with van der Waals surface area (Å²) in [6.07, 6.45) is 4.71. The second-order valence-electron chi connectivity index (χ2n) is 6.26. The van der Waals surface area contributed by atoms with Gasteiger partial charge in [-0.15, -0.1) is 0 Å². The van der Waals surface area contributed by atoms with Crippen molar-refractivity contribution in [2.24, 2.45) is 0 Å². The van der Waals surface area contributed by atoms with E-state index in [0.29, 0.717) is 17.8 Å². The number of hydrogen-bond donors (Lipinski definition) is 1. The van der Waals surface area contributed by atoms with Gasteiger partial charge in [-0.25, -0.2) is 4.79 Å². The maximum absolute atomic E-state index is 12.6. The van der Waals surface area contributed by atoms with E-state index in [1.165, 1.54) is 18.5 Å². The SMILES string of the molecule is CCCCN(C)C(=O)c1cncc(C(=O)Nc2ccccc2C(=O)OCC)c1. The molecule has 2 aromatic rings. The van der Waals surface area contributed by atoms with Gasteiger partial charge in [0.25, 0.3) is 11.8 Å². The first-order valence-corrected chi connectivity index (χ1v) is 9.25. The predicted molar refractivity (Wildman–Crippen MR) is 106 cm³/mol. The summed E-state index contributed by atoms with van der Waals surface area (Å²) in [7, 11) is 1.72. The second kappa shape index (κ2) is 10.2. The monoisotopic (exact) mass is 383 g/mol. The molecule has 0 aliphatic rings. The van der Waals surface area contributed by atoms with Crippen molar-refractivity contribution in [2.75, 3.05) is 25.5 Å². The van der Waals surface area contributed by atoms with Crippen molar-refractivity contribution >= 4 is 23.5 Å². The van der Waals surface area contributed by atoms with Gasteiger partial charge in [0, 0.05) is 26.0 Å². The molecule has 1 aromatic carbocycles.